The van der Waals surface area contributed by atoms with E-state index in [-0.39, 0.29) is 5.91 Å². The normalized spacial score (nSPS) is 11.8. The monoisotopic (exact) mass is 323 g/mol. The zero-order valence-electron chi connectivity index (χ0n) is 14.3. The predicted molar refractivity (Wildman–Crippen MR) is 97.1 cm³/mol. The number of amides is 1. The predicted octanol–water partition coefficient (Wildman–Crippen LogP) is 2.21. The quantitative estimate of drug-likeness (QED) is 0.430. The lowest BCUT2D eigenvalue weighted by Crippen LogP contribution is -2.48. The Hall–Kier alpha value is -2.50. The minimum Gasteiger partial charge on any atom is -0.323 e. The Morgan fingerprint density at radius 3 is 2.29 bits per heavy atom. The molecule has 0 spiro atoms. The van der Waals surface area contributed by atoms with E-state index in [0.717, 1.165) is 22.0 Å². The number of hydrogen-bond donors (Lipinski definition) is 2. The van der Waals surface area contributed by atoms with Crippen LogP contribution in [0.15, 0.2) is 48.5 Å². The summed E-state index contributed by atoms with van der Waals surface area (Å²) in [7, 11) is 5.95. The Bertz CT molecular complexity index is 883. The topological polar surface area (TPSA) is 54.0 Å². The minimum absolute atomic E-state index is 0.0346. The molecule has 0 saturated carbocycles. The molecule has 0 unspecified atom stereocenters. The van der Waals surface area contributed by atoms with Gasteiger partial charge < -0.3 is 4.48 Å². The minimum atomic E-state index is -0.0346. The highest BCUT2D eigenvalue weighted by molar-refractivity contribution is 6.06. The van der Waals surface area contributed by atoms with Crippen molar-refractivity contribution in [3.05, 3.63) is 54.2 Å². The van der Waals surface area contributed by atoms with Crippen LogP contribution in [0.3, 0.4) is 0 Å². The molecule has 2 aromatic carbocycles. The van der Waals surface area contributed by atoms with E-state index in [1.54, 1.807) is 0 Å². The van der Waals surface area contributed by atoms with Crippen molar-refractivity contribution in [2.45, 2.75) is 6.54 Å². The third-order valence-electron chi connectivity index (χ3n) is 3.79. The van der Waals surface area contributed by atoms with Crippen molar-refractivity contribution >= 4 is 27.6 Å². The smallest absolute Gasteiger partial charge is 0.289 e. The van der Waals surface area contributed by atoms with Crippen LogP contribution >= 0.6 is 0 Å². The molecule has 124 valence electrons. The van der Waals surface area contributed by atoms with Crippen molar-refractivity contribution in [2.24, 2.45) is 0 Å². The van der Waals surface area contributed by atoms with Crippen molar-refractivity contribution in [3.8, 4) is 0 Å². The first kappa shape index (κ1) is 16.4. The number of nitrogens with zero attached hydrogens (tertiary/aromatic N) is 2. The highest BCUT2D eigenvalue weighted by Crippen LogP contribution is 2.25. The number of quaternary nitrogens is 1. The summed E-state index contributed by atoms with van der Waals surface area (Å²) in [6.45, 7) is 0.896. The third kappa shape index (κ3) is 3.69. The fourth-order valence-electron chi connectivity index (χ4n) is 2.81. The Kier molecular flexibility index (Phi) is 4.46. The Morgan fingerprint density at radius 1 is 0.958 bits per heavy atom. The molecule has 0 saturated heterocycles. The van der Waals surface area contributed by atoms with E-state index < -0.39 is 0 Å². The second-order valence-electron chi connectivity index (χ2n) is 6.97. The van der Waals surface area contributed by atoms with E-state index in [1.807, 2.05) is 51.5 Å². The Balaban J connectivity index is 1.82. The lowest BCUT2D eigenvalue weighted by Gasteiger charge is -2.22. The molecule has 2 N–H and O–H groups in total. The van der Waals surface area contributed by atoms with Crippen molar-refractivity contribution in [1.29, 1.82) is 0 Å². The number of para-hydroxylation sites is 1. The molecule has 5 nitrogen and oxygen atoms in total. The Labute approximate surface area is 141 Å². The average Bonchev–Trinajstić information content (AvgIpc) is 2.53. The summed E-state index contributed by atoms with van der Waals surface area (Å²) in [4.78, 5) is 16.7. The van der Waals surface area contributed by atoms with Gasteiger partial charge in [-0.2, -0.15) is 0 Å². The molecular weight excluding hydrogens is 300 g/mol. The van der Waals surface area contributed by atoms with Crippen molar-refractivity contribution in [3.63, 3.8) is 0 Å². The zero-order valence-corrected chi connectivity index (χ0v) is 14.3. The third-order valence-corrected chi connectivity index (χ3v) is 3.79. The van der Waals surface area contributed by atoms with E-state index >= 15 is 0 Å². The molecule has 3 rings (SSSR count). The summed E-state index contributed by atoms with van der Waals surface area (Å²) in [5.74, 6) is -0.0346. The van der Waals surface area contributed by atoms with Gasteiger partial charge >= 0.3 is 0 Å². The van der Waals surface area contributed by atoms with Crippen LogP contribution in [0.5, 0.6) is 0 Å². The highest BCUT2D eigenvalue weighted by Gasteiger charge is 2.14. The van der Waals surface area contributed by atoms with Gasteiger partial charge in [-0.15, -0.1) is 0 Å². The fraction of sp³-hybridized carbons (Fsp3) is 0.263. The lowest BCUT2D eigenvalue weighted by molar-refractivity contribution is -0.862. The number of benzene rings is 2. The van der Waals surface area contributed by atoms with Crippen LogP contribution in [0.4, 0.5) is 0 Å². The molecule has 0 atom stereocenters. The number of nitrogens with one attached hydrogen (secondary N) is 2. The largest absolute Gasteiger partial charge is 0.323 e. The van der Waals surface area contributed by atoms with Gasteiger partial charge in [-0.25, -0.2) is 5.43 Å². The zero-order chi connectivity index (χ0) is 17.2. The van der Waals surface area contributed by atoms with E-state index in [0.29, 0.717) is 17.6 Å². The first-order valence-electron chi connectivity index (χ1n) is 8.02. The van der Waals surface area contributed by atoms with Crippen LogP contribution in [0, 0.1) is 0 Å². The number of hydrazine groups is 1. The van der Waals surface area contributed by atoms with Crippen LogP contribution in [0.1, 0.15) is 5.69 Å². The number of hydrogen-bond acceptors (Lipinski definition) is 3. The van der Waals surface area contributed by atoms with Gasteiger partial charge in [-0.3, -0.25) is 15.2 Å². The van der Waals surface area contributed by atoms with Crippen LogP contribution in [0.25, 0.3) is 21.7 Å². The average molecular weight is 323 g/mol. The molecular formula is C19H23N4O+. The summed E-state index contributed by atoms with van der Waals surface area (Å²) in [5, 5.41) is 3.42. The number of fused-ring (bicyclic) bond motifs is 3. The molecule has 1 heterocycles. The summed E-state index contributed by atoms with van der Waals surface area (Å²) in [5.41, 5.74) is 7.65. The van der Waals surface area contributed by atoms with Gasteiger partial charge in [0.05, 0.1) is 38.9 Å². The summed E-state index contributed by atoms with van der Waals surface area (Å²) in [6, 6.07) is 16.3. The molecule has 0 fully saturated rings. The number of carbonyl (C=O) groups is 1. The molecule has 24 heavy (non-hydrogen) atoms. The number of aromatic nitrogens is 1. The van der Waals surface area contributed by atoms with Gasteiger partial charge in [0, 0.05) is 10.8 Å². The number of carbonyl (C=O) groups excluding carboxylic acids is 1. The maximum absolute atomic E-state index is 11.9. The number of rotatable bonds is 5. The van der Waals surface area contributed by atoms with Crippen molar-refractivity contribution in [1.82, 2.24) is 15.8 Å². The molecule has 1 amide bonds. The molecule has 3 aromatic rings. The molecule has 0 aliphatic carbocycles. The van der Waals surface area contributed by atoms with Gasteiger partial charge in [0.15, 0.2) is 6.54 Å². The van der Waals surface area contributed by atoms with Gasteiger partial charge in [-0.1, -0.05) is 42.5 Å². The Morgan fingerprint density at radius 2 is 1.58 bits per heavy atom. The summed E-state index contributed by atoms with van der Waals surface area (Å²) in [6.07, 6.45) is 0. The summed E-state index contributed by atoms with van der Waals surface area (Å²) >= 11 is 0. The maximum atomic E-state index is 11.9. The maximum Gasteiger partial charge on any atom is 0.289 e. The molecule has 5 heteroatoms. The van der Waals surface area contributed by atoms with E-state index in [1.165, 1.54) is 5.39 Å². The van der Waals surface area contributed by atoms with Gasteiger partial charge in [0.2, 0.25) is 0 Å². The highest BCUT2D eigenvalue weighted by atomic mass is 16.2. The molecule has 0 aliphatic rings. The van der Waals surface area contributed by atoms with Crippen molar-refractivity contribution in [2.75, 3.05) is 27.7 Å². The molecule has 1 aromatic heterocycles. The van der Waals surface area contributed by atoms with Crippen LogP contribution < -0.4 is 10.9 Å². The van der Waals surface area contributed by atoms with Crippen molar-refractivity contribution < 1.29 is 9.28 Å². The SMILES string of the molecule is C[N+](C)(C)CC(=O)NNCc1nc2ccccc2c2ccccc12. The lowest BCUT2D eigenvalue weighted by atomic mass is 10.0. The number of likely N-dealkylation sites (N-methyl/N-ethyl adjacent to an activating group) is 1. The molecule has 0 aliphatic heterocycles. The second kappa shape index (κ2) is 6.55. The summed E-state index contributed by atoms with van der Waals surface area (Å²) < 4.78 is 0.588. The van der Waals surface area contributed by atoms with Crippen LogP contribution in [-0.4, -0.2) is 43.1 Å². The first-order valence-corrected chi connectivity index (χ1v) is 8.02. The van der Waals surface area contributed by atoms with E-state index in [4.69, 9.17) is 4.98 Å². The standard InChI is InChI=1S/C19H22N4O/c1-23(2,3)13-19(24)22-20-12-18-16-10-5-4-8-14(16)15-9-6-7-11-17(15)21-18/h4-11,20H,12-13H2,1-3H3/p+1. The first-order chi connectivity index (χ1) is 11.4. The molecule has 0 bridgehead atoms. The van der Waals surface area contributed by atoms with Gasteiger partial charge in [0.1, 0.15) is 0 Å². The fourth-order valence-corrected chi connectivity index (χ4v) is 2.81. The van der Waals surface area contributed by atoms with Crippen LogP contribution in [-0.2, 0) is 11.3 Å². The van der Waals surface area contributed by atoms with Crippen LogP contribution in [0.2, 0.25) is 0 Å². The van der Waals surface area contributed by atoms with Gasteiger partial charge in [-0.05, 0) is 11.5 Å². The number of pyridine rings is 1. The van der Waals surface area contributed by atoms with Gasteiger partial charge in [0.25, 0.3) is 5.91 Å². The van der Waals surface area contributed by atoms with E-state index in [9.17, 15) is 4.79 Å². The molecule has 0 radical (unpaired) electrons. The second-order valence-corrected chi connectivity index (χ2v) is 6.97. The van der Waals surface area contributed by atoms with E-state index in [2.05, 4.69) is 29.1 Å².